The van der Waals surface area contributed by atoms with Gasteiger partial charge in [-0.25, -0.2) is 32.0 Å². The largest absolute Gasteiger partial charge is 0.387 e. The maximum Gasteiger partial charge on any atom is 0.256 e. The maximum atomic E-state index is 14.6. The SMILES string of the molecule is CC1CCN(C(=O)CO)CC1(C)F.Cc1nc2ccc(-c3c(F)cn4nc(N)nc(N)c34)nc2n1CC(F)F. The minimum Gasteiger partial charge on any atom is -0.387 e. The summed E-state index contributed by atoms with van der Waals surface area (Å²) in [4.78, 5) is 24.8. The number of aryl methyl sites for hydroxylation is 1. The van der Waals surface area contributed by atoms with Crippen LogP contribution in [-0.4, -0.2) is 76.8 Å². The number of alkyl halides is 3. The maximum absolute atomic E-state index is 14.6. The van der Waals surface area contributed by atoms with Crippen LogP contribution in [-0.2, 0) is 11.3 Å². The fourth-order valence-electron chi connectivity index (χ4n) is 4.52. The summed E-state index contributed by atoms with van der Waals surface area (Å²) in [5, 5.41) is 12.5. The average molecular weight is 552 g/mol. The molecule has 2 atom stereocenters. The van der Waals surface area contributed by atoms with E-state index in [-0.39, 0.29) is 52.6 Å². The van der Waals surface area contributed by atoms with Crippen molar-refractivity contribution >= 4 is 34.4 Å². The van der Waals surface area contributed by atoms with E-state index in [0.717, 1.165) is 6.20 Å². The number of nitrogen functional groups attached to an aromatic ring is 2. The zero-order valence-corrected chi connectivity index (χ0v) is 21.6. The monoisotopic (exact) mass is 551 g/mol. The van der Waals surface area contributed by atoms with Crippen molar-refractivity contribution < 1.29 is 27.5 Å². The first-order valence-corrected chi connectivity index (χ1v) is 12.1. The molecular formula is C24H29F4N9O2. The number of fused-ring (bicyclic) bond motifs is 2. The minimum absolute atomic E-state index is 0.0180. The smallest absolute Gasteiger partial charge is 0.256 e. The highest BCUT2D eigenvalue weighted by molar-refractivity contribution is 5.89. The number of imidazole rings is 1. The number of aliphatic hydroxyl groups is 1. The molecule has 11 nitrogen and oxygen atoms in total. The summed E-state index contributed by atoms with van der Waals surface area (Å²) in [7, 11) is 0. The first kappa shape index (κ1) is 28.0. The molecule has 1 amide bonds. The third kappa shape index (κ3) is 5.57. The summed E-state index contributed by atoms with van der Waals surface area (Å²) in [5.41, 5.74) is 11.2. The third-order valence-electron chi connectivity index (χ3n) is 6.84. The molecule has 5 heterocycles. The molecule has 0 aromatic carbocycles. The number of pyridine rings is 1. The van der Waals surface area contributed by atoms with Crippen LogP contribution in [0.3, 0.4) is 0 Å². The highest BCUT2D eigenvalue weighted by atomic mass is 19.3. The van der Waals surface area contributed by atoms with Gasteiger partial charge < -0.3 is 26.0 Å². The van der Waals surface area contributed by atoms with Gasteiger partial charge in [-0.2, -0.15) is 4.98 Å². The van der Waals surface area contributed by atoms with E-state index in [2.05, 4.69) is 20.1 Å². The van der Waals surface area contributed by atoms with E-state index in [4.69, 9.17) is 16.6 Å². The summed E-state index contributed by atoms with van der Waals surface area (Å²) < 4.78 is 56.5. The van der Waals surface area contributed by atoms with Crippen molar-refractivity contribution in [3.05, 3.63) is 30.0 Å². The summed E-state index contributed by atoms with van der Waals surface area (Å²) in [6, 6.07) is 3.12. The number of nitrogens with two attached hydrogens (primary N) is 2. The summed E-state index contributed by atoms with van der Waals surface area (Å²) in [6.45, 7) is 4.54. The van der Waals surface area contributed by atoms with Crippen molar-refractivity contribution in [2.75, 3.05) is 31.2 Å². The van der Waals surface area contributed by atoms with Gasteiger partial charge in [-0.05, 0) is 38.3 Å². The molecule has 5 N–H and O–H groups in total. The van der Waals surface area contributed by atoms with Crippen LogP contribution in [0.2, 0.25) is 0 Å². The lowest BCUT2D eigenvalue weighted by atomic mass is 9.86. The van der Waals surface area contributed by atoms with E-state index in [1.807, 2.05) is 6.92 Å². The number of halogens is 4. The van der Waals surface area contributed by atoms with Crippen LogP contribution in [0, 0.1) is 18.7 Å². The molecule has 0 bridgehead atoms. The van der Waals surface area contributed by atoms with Crippen molar-refractivity contribution in [3.63, 3.8) is 0 Å². The predicted molar refractivity (Wildman–Crippen MR) is 136 cm³/mol. The topological polar surface area (TPSA) is 153 Å². The quantitative estimate of drug-likeness (QED) is 0.327. The minimum atomic E-state index is -2.57. The number of anilines is 2. The molecule has 1 saturated heterocycles. The van der Waals surface area contributed by atoms with Gasteiger partial charge in [-0.1, -0.05) is 6.92 Å². The molecule has 0 aliphatic carbocycles. The Hall–Kier alpha value is -4.01. The Morgan fingerprint density at radius 2 is 1.97 bits per heavy atom. The number of amides is 1. The van der Waals surface area contributed by atoms with E-state index in [1.165, 1.54) is 27.0 Å². The van der Waals surface area contributed by atoms with E-state index in [9.17, 15) is 22.4 Å². The Morgan fingerprint density at radius 1 is 1.26 bits per heavy atom. The fourth-order valence-corrected chi connectivity index (χ4v) is 4.52. The second-order valence-corrected chi connectivity index (χ2v) is 9.64. The zero-order valence-electron chi connectivity index (χ0n) is 21.6. The van der Waals surface area contributed by atoms with Crippen LogP contribution in [0.1, 0.15) is 26.1 Å². The third-order valence-corrected chi connectivity index (χ3v) is 6.84. The van der Waals surface area contributed by atoms with Crippen molar-refractivity contribution in [1.82, 2.24) is 34.0 Å². The Bertz CT molecular complexity index is 1520. The van der Waals surface area contributed by atoms with Gasteiger partial charge in [-0.15, -0.1) is 5.10 Å². The lowest BCUT2D eigenvalue weighted by molar-refractivity contribution is -0.139. The molecular weight excluding hydrogens is 522 g/mol. The molecule has 0 spiro atoms. The van der Waals surface area contributed by atoms with Gasteiger partial charge >= 0.3 is 0 Å². The normalized spacial score (nSPS) is 19.5. The lowest BCUT2D eigenvalue weighted by Gasteiger charge is -2.39. The number of aromatic nitrogens is 6. The molecule has 4 aromatic heterocycles. The van der Waals surface area contributed by atoms with Crippen LogP contribution in [0.25, 0.3) is 27.9 Å². The molecule has 15 heteroatoms. The standard InChI is InChI=1S/C15H13F3N8.C9H16FNO2/c1-6-21-9-3-2-8(22-14(9)25(6)5-10(17)18)11-7(16)4-26-12(11)13(19)23-15(20)24-26;1-7-3-4-11(8(13)5-12)6-9(7,2)10/h2-4,10H,5H2,1H3,(H4,19,20,23,24);7,12H,3-6H2,1-2H3. The molecule has 1 fully saturated rings. The van der Waals surface area contributed by atoms with Gasteiger partial charge in [0.15, 0.2) is 17.3 Å². The van der Waals surface area contributed by atoms with Gasteiger partial charge in [0.1, 0.15) is 29.1 Å². The number of nitrogens with zero attached hydrogens (tertiary/aromatic N) is 7. The van der Waals surface area contributed by atoms with Crippen LogP contribution in [0.4, 0.5) is 29.3 Å². The second-order valence-electron chi connectivity index (χ2n) is 9.64. The van der Waals surface area contributed by atoms with Crippen LogP contribution < -0.4 is 11.5 Å². The highest BCUT2D eigenvalue weighted by Crippen LogP contribution is 2.32. The van der Waals surface area contributed by atoms with Gasteiger partial charge in [0.25, 0.3) is 6.43 Å². The molecule has 210 valence electrons. The van der Waals surface area contributed by atoms with Gasteiger partial charge in [0.2, 0.25) is 11.9 Å². The molecule has 5 rings (SSSR count). The predicted octanol–water partition coefficient (Wildman–Crippen LogP) is 2.59. The molecule has 39 heavy (non-hydrogen) atoms. The fraction of sp³-hybridized carbons (Fsp3) is 0.458. The lowest BCUT2D eigenvalue weighted by Crippen LogP contribution is -2.51. The highest BCUT2D eigenvalue weighted by Gasteiger charge is 2.38. The van der Waals surface area contributed by atoms with Crippen molar-refractivity contribution in [2.45, 2.75) is 45.8 Å². The van der Waals surface area contributed by atoms with Crippen LogP contribution in [0.15, 0.2) is 18.3 Å². The number of likely N-dealkylation sites (tertiary alicyclic amines) is 1. The Labute approximate surface area is 220 Å². The average Bonchev–Trinajstić information content (AvgIpc) is 3.35. The Balaban J connectivity index is 0.000000229. The number of carbonyl (C=O) groups is 1. The van der Waals surface area contributed by atoms with Crippen LogP contribution >= 0.6 is 0 Å². The molecule has 1 aliphatic heterocycles. The van der Waals surface area contributed by atoms with Crippen molar-refractivity contribution in [2.24, 2.45) is 5.92 Å². The summed E-state index contributed by atoms with van der Waals surface area (Å²) in [5.74, 6) is -0.768. The van der Waals surface area contributed by atoms with E-state index < -0.39 is 31.1 Å². The van der Waals surface area contributed by atoms with E-state index >= 15 is 0 Å². The van der Waals surface area contributed by atoms with Crippen LogP contribution in [0.5, 0.6) is 0 Å². The van der Waals surface area contributed by atoms with Crippen molar-refractivity contribution in [3.8, 4) is 11.3 Å². The first-order valence-electron chi connectivity index (χ1n) is 12.1. The van der Waals surface area contributed by atoms with Gasteiger partial charge in [-0.3, -0.25) is 4.79 Å². The number of hydrogen-bond donors (Lipinski definition) is 3. The molecule has 1 aliphatic rings. The summed E-state index contributed by atoms with van der Waals surface area (Å²) in [6.07, 6.45) is -0.804. The van der Waals surface area contributed by atoms with Crippen molar-refractivity contribution in [1.29, 1.82) is 0 Å². The number of hydrogen-bond acceptors (Lipinski definition) is 8. The Morgan fingerprint density at radius 3 is 2.62 bits per heavy atom. The number of rotatable bonds is 4. The molecule has 0 radical (unpaired) electrons. The van der Waals surface area contributed by atoms with Gasteiger partial charge in [0.05, 0.1) is 30.5 Å². The molecule has 2 unspecified atom stereocenters. The number of piperidine rings is 1. The Kier molecular flexibility index (Phi) is 7.63. The second kappa shape index (κ2) is 10.6. The molecule has 4 aromatic rings. The van der Waals surface area contributed by atoms with E-state index in [0.29, 0.717) is 24.3 Å². The first-order chi connectivity index (χ1) is 18.3. The van der Waals surface area contributed by atoms with Gasteiger partial charge in [0, 0.05) is 6.54 Å². The molecule has 0 saturated carbocycles. The zero-order chi connectivity index (χ0) is 28.6. The van der Waals surface area contributed by atoms with E-state index in [1.54, 1.807) is 13.0 Å². The number of aliphatic hydroxyl groups excluding tert-OH is 1. The summed E-state index contributed by atoms with van der Waals surface area (Å²) >= 11 is 0. The number of carbonyl (C=O) groups excluding carboxylic acids is 1.